The molecule has 0 unspecified atom stereocenters. The normalized spacial score (nSPS) is 13.0. The highest BCUT2D eigenvalue weighted by Gasteiger charge is 2.26. The van der Waals surface area contributed by atoms with Crippen LogP contribution in [-0.2, 0) is 4.79 Å². The first kappa shape index (κ1) is 22.8. The molecule has 2 aromatic rings. The summed E-state index contributed by atoms with van der Waals surface area (Å²) in [7, 11) is 5.53. The monoisotopic (exact) mass is 420 g/mol. The van der Waals surface area contributed by atoms with Crippen molar-refractivity contribution >= 4 is 23.6 Å². The van der Waals surface area contributed by atoms with Crippen molar-refractivity contribution in [2.75, 3.05) is 39.8 Å². The number of carbonyl (C=O) groups is 2. The first-order chi connectivity index (χ1) is 14.0. The molecule has 29 heavy (non-hydrogen) atoms. The molecule has 158 valence electrons. The van der Waals surface area contributed by atoms with Crippen LogP contribution in [0, 0.1) is 0 Å². The van der Waals surface area contributed by atoms with E-state index < -0.39 is 6.04 Å². The largest absolute Gasteiger partial charge is 0.496 e. The summed E-state index contributed by atoms with van der Waals surface area (Å²) < 4.78 is 10.8. The van der Waals surface area contributed by atoms with Gasteiger partial charge in [0.2, 0.25) is 5.91 Å². The predicted octanol–water partition coefficient (Wildman–Crippen LogP) is 1.14. The minimum absolute atomic E-state index is 0.0138. The number of benzene rings is 1. The molecule has 2 atom stereocenters. The minimum Gasteiger partial charge on any atom is -0.496 e. The van der Waals surface area contributed by atoms with E-state index in [9.17, 15) is 9.59 Å². The molecular weight excluding hydrogens is 390 g/mol. The predicted molar refractivity (Wildman–Crippen MR) is 115 cm³/mol. The van der Waals surface area contributed by atoms with Gasteiger partial charge in [-0.25, -0.2) is 0 Å². The smallest absolute Gasteiger partial charge is 0.255 e. The number of thioether (sulfide) groups is 1. The minimum atomic E-state index is -0.630. The lowest BCUT2D eigenvalue weighted by atomic mass is 10.1. The van der Waals surface area contributed by atoms with Gasteiger partial charge in [0, 0.05) is 0 Å². The van der Waals surface area contributed by atoms with Gasteiger partial charge in [0.1, 0.15) is 11.8 Å². The lowest BCUT2D eigenvalue weighted by Crippen LogP contribution is -3.07. The van der Waals surface area contributed by atoms with Crippen molar-refractivity contribution in [1.82, 2.24) is 10.6 Å². The highest BCUT2D eigenvalue weighted by Crippen LogP contribution is 2.17. The number of methoxy groups -OCH3 is 1. The van der Waals surface area contributed by atoms with Crippen molar-refractivity contribution in [3.63, 3.8) is 0 Å². The Morgan fingerprint density at radius 3 is 2.59 bits per heavy atom. The van der Waals surface area contributed by atoms with E-state index in [2.05, 4.69) is 10.6 Å². The lowest BCUT2D eigenvalue weighted by Gasteiger charge is -2.23. The molecule has 3 N–H and O–H groups in total. The summed E-state index contributed by atoms with van der Waals surface area (Å²) in [6.45, 7) is 0.412. The summed E-state index contributed by atoms with van der Waals surface area (Å²) in [4.78, 5) is 26.7. The van der Waals surface area contributed by atoms with Gasteiger partial charge in [0.15, 0.2) is 11.8 Å². The SMILES string of the molecule is COc1ccccc1C(=O)N[C@H](CCSC)C(=O)NC[C@@H](c1ccco1)[NH+](C)C. The average Bonchev–Trinajstić information content (AvgIpc) is 3.25. The molecule has 0 spiro atoms. The molecule has 1 aromatic heterocycles. The first-order valence-electron chi connectivity index (χ1n) is 9.51. The third-order valence-corrected chi connectivity index (χ3v) is 5.29. The second kappa shape index (κ2) is 11.5. The molecule has 0 radical (unpaired) electrons. The molecular formula is C21H30N3O4S+. The fraction of sp³-hybridized carbons (Fsp3) is 0.429. The first-order valence-corrected chi connectivity index (χ1v) is 10.9. The Kier molecular flexibility index (Phi) is 9.08. The lowest BCUT2D eigenvalue weighted by molar-refractivity contribution is -0.891. The zero-order valence-corrected chi connectivity index (χ0v) is 18.2. The number of hydrogen-bond acceptors (Lipinski definition) is 5. The molecule has 0 aliphatic rings. The number of rotatable bonds is 11. The maximum absolute atomic E-state index is 12.9. The van der Waals surface area contributed by atoms with E-state index in [1.807, 2.05) is 32.5 Å². The van der Waals surface area contributed by atoms with Crippen molar-refractivity contribution in [2.24, 2.45) is 0 Å². The molecule has 8 heteroatoms. The number of nitrogens with one attached hydrogen (secondary N) is 3. The van der Waals surface area contributed by atoms with E-state index in [0.29, 0.717) is 24.3 Å². The van der Waals surface area contributed by atoms with Crippen LogP contribution >= 0.6 is 11.8 Å². The second-order valence-electron chi connectivity index (χ2n) is 6.90. The second-order valence-corrected chi connectivity index (χ2v) is 7.88. The number of likely N-dealkylation sites (N-methyl/N-ethyl adjacent to an activating group) is 1. The Balaban J connectivity index is 2.06. The van der Waals surface area contributed by atoms with Crippen molar-refractivity contribution in [3.05, 3.63) is 54.0 Å². The van der Waals surface area contributed by atoms with Gasteiger partial charge in [-0.2, -0.15) is 11.8 Å². The van der Waals surface area contributed by atoms with E-state index in [1.165, 1.54) is 7.11 Å². The highest BCUT2D eigenvalue weighted by molar-refractivity contribution is 7.98. The van der Waals surface area contributed by atoms with Crippen LogP contribution in [0.2, 0.25) is 0 Å². The van der Waals surface area contributed by atoms with Crippen LogP contribution in [-0.4, -0.2) is 57.6 Å². The molecule has 0 aliphatic heterocycles. The van der Waals surface area contributed by atoms with Gasteiger partial charge in [-0.15, -0.1) is 0 Å². The number of carbonyl (C=O) groups excluding carboxylic acids is 2. The van der Waals surface area contributed by atoms with E-state index in [4.69, 9.17) is 9.15 Å². The summed E-state index contributed by atoms with van der Waals surface area (Å²) in [5.74, 6) is 1.50. The zero-order chi connectivity index (χ0) is 21.2. The average molecular weight is 421 g/mol. The van der Waals surface area contributed by atoms with Crippen LogP contribution in [0.3, 0.4) is 0 Å². The molecule has 0 aliphatic carbocycles. The molecule has 1 heterocycles. The van der Waals surface area contributed by atoms with Crippen molar-refractivity contribution in [2.45, 2.75) is 18.5 Å². The van der Waals surface area contributed by atoms with Crippen LogP contribution < -0.4 is 20.3 Å². The molecule has 0 saturated heterocycles. The van der Waals surface area contributed by atoms with Crippen LogP contribution in [0.5, 0.6) is 5.75 Å². The maximum Gasteiger partial charge on any atom is 0.255 e. The van der Waals surface area contributed by atoms with E-state index in [1.54, 1.807) is 42.3 Å². The Morgan fingerprint density at radius 2 is 1.97 bits per heavy atom. The van der Waals surface area contributed by atoms with Gasteiger partial charge in [-0.05, 0) is 42.7 Å². The molecule has 0 saturated carbocycles. The Labute approximate surface area is 176 Å². The quantitative estimate of drug-likeness (QED) is 0.508. The summed E-state index contributed by atoms with van der Waals surface area (Å²) in [6, 6.07) is 10.1. The maximum atomic E-state index is 12.9. The van der Waals surface area contributed by atoms with Crippen LogP contribution in [0.4, 0.5) is 0 Å². The van der Waals surface area contributed by atoms with Gasteiger partial charge in [0.05, 0.1) is 39.6 Å². The number of hydrogen-bond donors (Lipinski definition) is 3. The molecule has 0 bridgehead atoms. The zero-order valence-electron chi connectivity index (χ0n) is 17.4. The summed E-state index contributed by atoms with van der Waals surface area (Å²) >= 11 is 1.63. The summed E-state index contributed by atoms with van der Waals surface area (Å²) in [5.41, 5.74) is 0.406. The molecule has 0 fully saturated rings. The van der Waals surface area contributed by atoms with Gasteiger partial charge < -0.3 is 24.7 Å². The van der Waals surface area contributed by atoms with Gasteiger partial charge in [-0.3, -0.25) is 9.59 Å². The highest BCUT2D eigenvalue weighted by atomic mass is 32.2. The van der Waals surface area contributed by atoms with Crippen molar-refractivity contribution in [3.8, 4) is 5.75 Å². The number of amides is 2. The molecule has 7 nitrogen and oxygen atoms in total. The third kappa shape index (κ3) is 6.54. The van der Waals surface area contributed by atoms with Crippen molar-refractivity contribution < 1.29 is 23.6 Å². The molecule has 2 rings (SSSR count). The van der Waals surface area contributed by atoms with Crippen molar-refractivity contribution in [1.29, 1.82) is 0 Å². The number of ether oxygens (including phenoxy) is 1. The number of furan rings is 1. The Hall–Kier alpha value is -2.45. The fourth-order valence-electron chi connectivity index (χ4n) is 2.98. The van der Waals surface area contributed by atoms with Crippen LogP contribution in [0.15, 0.2) is 47.1 Å². The number of quaternary nitrogens is 1. The third-order valence-electron chi connectivity index (χ3n) is 4.65. The number of para-hydroxylation sites is 1. The summed E-state index contributed by atoms with van der Waals surface area (Å²) in [6.07, 6.45) is 4.13. The van der Waals surface area contributed by atoms with E-state index in [-0.39, 0.29) is 17.9 Å². The van der Waals surface area contributed by atoms with E-state index >= 15 is 0 Å². The molecule has 1 aromatic carbocycles. The van der Waals surface area contributed by atoms with Crippen LogP contribution in [0.25, 0.3) is 0 Å². The Bertz CT molecular complexity index is 780. The van der Waals surface area contributed by atoms with E-state index in [0.717, 1.165) is 16.4 Å². The summed E-state index contributed by atoms with van der Waals surface area (Å²) in [5, 5.41) is 5.83. The molecule has 2 amide bonds. The van der Waals surface area contributed by atoms with Crippen LogP contribution in [0.1, 0.15) is 28.6 Å². The van der Waals surface area contributed by atoms with Gasteiger partial charge in [0.25, 0.3) is 5.91 Å². The topological polar surface area (TPSA) is 85.0 Å². The Morgan fingerprint density at radius 1 is 1.21 bits per heavy atom. The van der Waals surface area contributed by atoms with Gasteiger partial charge >= 0.3 is 0 Å². The van der Waals surface area contributed by atoms with Gasteiger partial charge in [-0.1, -0.05) is 12.1 Å². The standard InChI is InChI=1S/C21H29N3O4S/c1-24(2)17(19-10-7-12-28-19)14-22-21(26)16(11-13-29-4)23-20(25)15-8-5-6-9-18(15)27-3/h5-10,12,16-17H,11,13-14H2,1-4H3,(H,22,26)(H,23,25)/p+1/t16-,17+/m1/s1. The fourth-order valence-corrected chi connectivity index (χ4v) is 3.45.